The van der Waals surface area contributed by atoms with Crippen molar-refractivity contribution in [3.05, 3.63) is 34.9 Å². The minimum Gasteiger partial charge on any atom is -0.355 e. The van der Waals surface area contributed by atoms with Crippen LogP contribution in [0.4, 0.5) is 0 Å². The van der Waals surface area contributed by atoms with E-state index in [1.807, 2.05) is 19.2 Å². The number of halogens is 1. The van der Waals surface area contributed by atoms with Crippen molar-refractivity contribution in [3.8, 4) is 0 Å². The van der Waals surface area contributed by atoms with Gasteiger partial charge in [0.25, 0.3) is 0 Å². The molecule has 1 N–H and O–H groups in total. The van der Waals surface area contributed by atoms with Gasteiger partial charge in [-0.3, -0.25) is 4.99 Å². The molecule has 5 heteroatoms. The van der Waals surface area contributed by atoms with E-state index in [-0.39, 0.29) is 0 Å². The highest BCUT2D eigenvalue weighted by atomic mass is 35.5. The molecular formula is C17H27ClN4. The van der Waals surface area contributed by atoms with Gasteiger partial charge in [-0.2, -0.15) is 0 Å². The molecule has 0 aromatic heterocycles. The summed E-state index contributed by atoms with van der Waals surface area (Å²) in [6.45, 7) is 1.75. The number of hydrogen-bond acceptors (Lipinski definition) is 2. The second kappa shape index (κ2) is 7.84. The summed E-state index contributed by atoms with van der Waals surface area (Å²) >= 11 is 5.93. The Morgan fingerprint density at radius 2 is 1.91 bits per heavy atom. The molecule has 1 saturated carbocycles. The summed E-state index contributed by atoms with van der Waals surface area (Å²) < 4.78 is 0. The summed E-state index contributed by atoms with van der Waals surface area (Å²) in [5.74, 6) is 1.77. The van der Waals surface area contributed by atoms with E-state index in [4.69, 9.17) is 11.6 Å². The Hall–Kier alpha value is -1.26. The number of benzene rings is 1. The molecule has 1 atom stereocenters. The molecule has 22 heavy (non-hydrogen) atoms. The SMILES string of the molecule is CN=C(NCC(C1CC1)N(C)C)N(C)Cc1ccc(Cl)cc1. The maximum absolute atomic E-state index is 5.93. The Morgan fingerprint density at radius 3 is 2.41 bits per heavy atom. The van der Waals surface area contributed by atoms with Crippen LogP contribution >= 0.6 is 11.6 Å². The van der Waals surface area contributed by atoms with Crippen LogP contribution in [0.2, 0.25) is 5.02 Å². The van der Waals surface area contributed by atoms with Crippen molar-refractivity contribution in [2.45, 2.75) is 25.4 Å². The number of nitrogens with zero attached hydrogens (tertiary/aromatic N) is 3. The van der Waals surface area contributed by atoms with Gasteiger partial charge in [-0.05, 0) is 50.6 Å². The lowest BCUT2D eigenvalue weighted by Gasteiger charge is -2.28. The van der Waals surface area contributed by atoms with Crippen LogP contribution in [0.15, 0.2) is 29.3 Å². The second-order valence-electron chi connectivity index (χ2n) is 6.28. The van der Waals surface area contributed by atoms with E-state index in [0.717, 1.165) is 30.0 Å². The summed E-state index contributed by atoms with van der Waals surface area (Å²) in [7, 11) is 8.21. The number of aliphatic imine (C=N–C) groups is 1. The molecule has 0 aliphatic heterocycles. The van der Waals surface area contributed by atoms with Gasteiger partial charge in [0.1, 0.15) is 0 Å². The highest BCUT2D eigenvalue weighted by Crippen LogP contribution is 2.34. The van der Waals surface area contributed by atoms with Crippen LogP contribution in [0.5, 0.6) is 0 Å². The average Bonchev–Trinajstić information content (AvgIpc) is 3.30. The lowest BCUT2D eigenvalue weighted by atomic mass is 10.1. The predicted molar refractivity (Wildman–Crippen MR) is 94.5 cm³/mol. The van der Waals surface area contributed by atoms with Crippen molar-refractivity contribution in [2.75, 3.05) is 34.7 Å². The lowest BCUT2D eigenvalue weighted by Crippen LogP contribution is -2.46. The first kappa shape index (κ1) is 17.1. The third-order valence-electron chi connectivity index (χ3n) is 4.21. The fourth-order valence-corrected chi connectivity index (χ4v) is 2.90. The standard InChI is InChI=1S/C17H27ClN4/c1-19-17(20-11-16(21(2)3)14-7-8-14)22(4)12-13-5-9-15(18)10-6-13/h5-6,9-10,14,16H,7-8,11-12H2,1-4H3,(H,19,20). The number of guanidine groups is 1. The molecule has 1 aromatic carbocycles. The monoisotopic (exact) mass is 322 g/mol. The molecular weight excluding hydrogens is 296 g/mol. The normalized spacial score (nSPS) is 16.7. The van der Waals surface area contributed by atoms with Gasteiger partial charge in [-0.15, -0.1) is 0 Å². The highest BCUT2D eigenvalue weighted by molar-refractivity contribution is 6.30. The number of hydrogen-bond donors (Lipinski definition) is 1. The van der Waals surface area contributed by atoms with Gasteiger partial charge in [0, 0.05) is 38.2 Å². The zero-order valence-corrected chi connectivity index (χ0v) is 14.8. The molecule has 2 rings (SSSR count). The minimum absolute atomic E-state index is 0.584. The molecule has 1 unspecified atom stereocenters. The van der Waals surface area contributed by atoms with Crippen LogP contribution in [0.25, 0.3) is 0 Å². The molecule has 0 heterocycles. The van der Waals surface area contributed by atoms with Gasteiger partial charge in [-0.25, -0.2) is 0 Å². The van der Waals surface area contributed by atoms with Crippen LogP contribution in [0.1, 0.15) is 18.4 Å². The summed E-state index contributed by atoms with van der Waals surface area (Å²) in [6, 6.07) is 8.55. The Labute approximate surface area is 139 Å². The Morgan fingerprint density at radius 1 is 1.27 bits per heavy atom. The first-order valence-corrected chi connectivity index (χ1v) is 8.21. The third kappa shape index (κ3) is 4.89. The fourth-order valence-electron chi connectivity index (χ4n) is 2.77. The smallest absolute Gasteiger partial charge is 0.193 e. The predicted octanol–water partition coefficient (Wildman–Crippen LogP) is 2.69. The maximum atomic E-state index is 5.93. The van der Waals surface area contributed by atoms with E-state index < -0.39 is 0 Å². The number of likely N-dealkylation sites (N-methyl/N-ethyl adjacent to an activating group) is 1. The molecule has 0 saturated heterocycles. The number of rotatable bonds is 6. The molecule has 0 bridgehead atoms. The molecule has 1 aromatic rings. The van der Waals surface area contributed by atoms with E-state index in [1.165, 1.54) is 18.4 Å². The Kier molecular flexibility index (Phi) is 6.09. The van der Waals surface area contributed by atoms with E-state index in [9.17, 15) is 0 Å². The van der Waals surface area contributed by atoms with E-state index in [0.29, 0.717) is 6.04 Å². The first-order valence-electron chi connectivity index (χ1n) is 7.84. The van der Waals surface area contributed by atoms with Crippen molar-refractivity contribution < 1.29 is 0 Å². The van der Waals surface area contributed by atoms with E-state index in [2.05, 4.69) is 53.4 Å². The maximum Gasteiger partial charge on any atom is 0.193 e. The molecule has 4 nitrogen and oxygen atoms in total. The van der Waals surface area contributed by atoms with Gasteiger partial charge in [0.15, 0.2) is 5.96 Å². The largest absolute Gasteiger partial charge is 0.355 e. The van der Waals surface area contributed by atoms with Gasteiger partial charge < -0.3 is 15.1 Å². The van der Waals surface area contributed by atoms with Gasteiger partial charge in [0.2, 0.25) is 0 Å². The quantitative estimate of drug-likeness (QED) is 0.645. The van der Waals surface area contributed by atoms with Crippen molar-refractivity contribution >= 4 is 17.6 Å². The zero-order chi connectivity index (χ0) is 16.1. The van der Waals surface area contributed by atoms with Gasteiger partial charge in [0.05, 0.1) is 0 Å². The van der Waals surface area contributed by atoms with E-state index in [1.54, 1.807) is 0 Å². The van der Waals surface area contributed by atoms with E-state index >= 15 is 0 Å². The second-order valence-corrected chi connectivity index (χ2v) is 6.72. The van der Waals surface area contributed by atoms with Crippen molar-refractivity contribution in [3.63, 3.8) is 0 Å². The van der Waals surface area contributed by atoms with Crippen molar-refractivity contribution in [1.82, 2.24) is 15.1 Å². The molecule has 1 aliphatic rings. The van der Waals surface area contributed by atoms with Crippen LogP contribution < -0.4 is 5.32 Å². The van der Waals surface area contributed by atoms with Crippen LogP contribution in [0.3, 0.4) is 0 Å². The number of nitrogens with one attached hydrogen (secondary N) is 1. The Bertz CT molecular complexity index is 492. The summed E-state index contributed by atoms with van der Waals surface area (Å²) in [5.41, 5.74) is 1.22. The first-order chi connectivity index (χ1) is 10.5. The fraction of sp³-hybridized carbons (Fsp3) is 0.588. The minimum atomic E-state index is 0.584. The van der Waals surface area contributed by atoms with Gasteiger partial charge >= 0.3 is 0 Å². The molecule has 1 fully saturated rings. The van der Waals surface area contributed by atoms with Crippen LogP contribution in [-0.4, -0.2) is 56.5 Å². The van der Waals surface area contributed by atoms with Crippen molar-refractivity contribution in [2.24, 2.45) is 10.9 Å². The topological polar surface area (TPSA) is 30.9 Å². The molecule has 0 amide bonds. The molecule has 1 aliphatic carbocycles. The summed E-state index contributed by atoms with van der Waals surface area (Å²) in [5, 5.41) is 4.28. The Balaban J connectivity index is 1.88. The van der Waals surface area contributed by atoms with Crippen molar-refractivity contribution in [1.29, 1.82) is 0 Å². The zero-order valence-electron chi connectivity index (χ0n) is 14.0. The van der Waals surface area contributed by atoms with Crippen LogP contribution in [-0.2, 0) is 6.54 Å². The summed E-state index contributed by atoms with van der Waals surface area (Å²) in [6.07, 6.45) is 2.70. The van der Waals surface area contributed by atoms with Gasteiger partial charge in [-0.1, -0.05) is 23.7 Å². The summed E-state index contributed by atoms with van der Waals surface area (Å²) in [4.78, 5) is 8.86. The lowest BCUT2D eigenvalue weighted by molar-refractivity contribution is 0.262. The third-order valence-corrected chi connectivity index (χ3v) is 4.46. The highest BCUT2D eigenvalue weighted by Gasteiger charge is 2.32. The molecule has 0 radical (unpaired) electrons. The average molecular weight is 323 g/mol. The molecule has 0 spiro atoms. The molecule has 122 valence electrons. The van der Waals surface area contributed by atoms with Crippen LogP contribution in [0, 0.1) is 5.92 Å².